The van der Waals surface area contributed by atoms with Crippen molar-refractivity contribution in [2.24, 2.45) is 10.9 Å². The van der Waals surface area contributed by atoms with Crippen LogP contribution in [-0.2, 0) is 0 Å². The lowest BCUT2D eigenvalue weighted by Gasteiger charge is -1.95. The average Bonchev–Trinajstić information content (AvgIpc) is 1.97. The maximum absolute atomic E-state index is 5.47. The zero-order valence-corrected chi connectivity index (χ0v) is 7.80. The number of hydrogen-bond donors (Lipinski definition) is 0. The summed E-state index contributed by atoms with van der Waals surface area (Å²) in [4.78, 5) is 4.03. The largest absolute Gasteiger partial charge is 0.269 e. The van der Waals surface area contributed by atoms with Gasteiger partial charge < -0.3 is 0 Å². The zero-order valence-electron chi connectivity index (χ0n) is 7.05. The molecule has 0 saturated carbocycles. The van der Waals surface area contributed by atoms with Crippen molar-refractivity contribution in [2.45, 2.75) is 20.3 Å². The molecule has 1 unspecified atom stereocenters. The molecular formula is C9H14ClN. The Morgan fingerprint density at radius 1 is 1.73 bits per heavy atom. The molecule has 0 rings (SSSR count). The first-order chi connectivity index (χ1) is 5.16. The Hall–Kier alpha value is -0.560. The summed E-state index contributed by atoms with van der Waals surface area (Å²) in [5, 5.41) is 0.506. The third kappa shape index (κ3) is 7.34. The third-order valence-corrected chi connectivity index (χ3v) is 1.45. The number of aliphatic imine (C=N–C) groups is 1. The standard InChI is InChI=1S/C9H14ClN/c1-4-8(2)7-11-6-5-9(3)10/h5-8H,3-4H2,1-2H3/b6-5-,11-7?. The first kappa shape index (κ1) is 10.4. The summed E-state index contributed by atoms with van der Waals surface area (Å²) >= 11 is 5.47. The predicted molar refractivity (Wildman–Crippen MR) is 52.1 cm³/mol. The Labute approximate surface area is 73.5 Å². The van der Waals surface area contributed by atoms with Crippen molar-refractivity contribution >= 4 is 17.8 Å². The lowest BCUT2D eigenvalue weighted by atomic mass is 10.1. The molecule has 0 radical (unpaired) electrons. The van der Waals surface area contributed by atoms with Gasteiger partial charge in [0, 0.05) is 17.4 Å². The van der Waals surface area contributed by atoms with Crippen LogP contribution in [0.15, 0.2) is 28.9 Å². The van der Waals surface area contributed by atoms with Crippen molar-refractivity contribution in [1.82, 2.24) is 0 Å². The molecule has 0 aromatic heterocycles. The Kier molecular flexibility index (Phi) is 5.86. The van der Waals surface area contributed by atoms with Crippen LogP contribution in [-0.4, -0.2) is 6.21 Å². The minimum absolute atomic E-state index is 0.506. The fraction of sp³-hybridized carbons (Fsp3) is 0.444. The molecule has 0 amide bonds. The number of hydrogen-bond acceptors (Lipinski definition) is 1. The minimum atomic E-state index is 0.506. The van der Waals surface area contributed by atoms with Crippen LogP contribution in [0.1, 0.15) is 20.3 Å². The fourth-order valence-corrected chi connectivity index (χ4v) is 0.482. The Morgan fingerprint density at radius 2 is 2.36 bits per heavy atom. The maximum atomic E-state index is 5.47. The summed E-state index contributed by atoms with van der Waals surface area (Å²) in [6, 6.07) is 0. The number of nitrogens with zero attached hydrogens (tertiary/aromatic N) is 1. The molecule has 0 aromatic carbocycles. The molecule has 0 spiro atoms. The Morgan fingerprint density at radius 3 is 2.82 bits per heavy atom. The van der Waals surface area contributed by atoms with Crippen LogP contribution < -0.4 is 0 Å². The first-order valence-corrected chi connectivity index (χ1v) is 4.08. The molecule has 2 heteroatoms. The van der Waals surface area contributed by atoms with Gasteiger partial charge in [-0.2, -0.15) is 0 Å². The van der Waals surface area contributed by atoms with Crippen molar-refractivity contribution in [1.29, 1.82) is 0 Å². The van der Waals surface area contributed by atoms with E-state index in [1.165, 1.54) is 0 Å². The fourth-order valence-electron chi connectivity index (χ4n) is 0.426. The van der Waals surface area contributed by atoms with E-state index in [-0.39, 0.29) is 0 Å². The molecule has 0 bridgehead atoms. The Bertz CT molecular complexity index is 170. The van der Waals surface area contributed by atoms with Crippen LogP contribution in [0.3, 0.4) is 0 Å². The minimum Gasteiger partial charge on any atom is -0.269 e. The smallest absolute Gasteiger partial charge is 0.0349 e. The van der Waals surface area contributed by atoms with Crippen molar-refractivity contribution in [3.05, 3.63) is 23.9 Å². The van der Waals surface area contributed by atoms with Gasteiger partial charge in [0.2, 0.25) is 0 Å². The van der Waals surface area contributed by atoms with Gasteiger partial charge in [-0.3, -0.25) is 4.99 Å². The highest BCUT2D eigenvalue weighted by atomic mass is 35.5. The van der Waals surface area contributed by atoms with Gasteiger partial charge in [-0.15, -0.1) is 0 Å². The molecule has 11 heavy (non-hydrogen) atoms. The van der Waals surface area contributed by atoms with Crippen LogP contribution in [0.4, 0.5) is 0 Å². The zero-order chi connectivity index (χ0) is 8.69. The highest BCUT2D eigenvalue weighted by molar-refractivity contribution is 6.30. The second-order valence-electron chi connectivity index (χ2n) is 2.45. The van der Waals surface area contributed by atoms with E-state index >= 15 is 0 Å². The van der Waals surface area contributed by atoms with E-state index in [9.17, 15) is 0 Å². The quantitative estimate of drug-likeness (QED) is 0.454. The van der Waals surface area contributed by atoms with Crippen molar-refractivity contribution in [3.8, 4) is 0 Å². The molecule has 0 saturated heterocycles. The van der Waals surface area contributed by atoms with E-state index < -0.39 is 0 Å². The molecule has 62 valence electrons. The second kappa shape index (κ2) is 6.17. The maximum Gasteiger partial charge on any atom is 0.0349 e. The van der Waals surface area contributed by atoms with Gasteiger partial charge in [-0.1, -0.05) is 32.0 Å². The summed E-state index contributed by atoms with van der Waals surface area (Å²) in [5.41, 5.74) is 0. The van der Waals surface area contributed by atoms with Crippen molar-refractivity contribution in [2.75, 3.05) is 0 Å². The molecule has 0 fully saturated rings. The first-order valence-electron chi connectivity index (χ1n) is 3.71. The van der Waals surface area contributed by atoms with Gasteiger partial charge in [-0.05, 0) is 18.4 Å². The molecule has 0 heterocycles. The van der Waals surface area contributed by atoms with Crippen LogP contribution in [0.25, 0.3) is 0 Å². The van der Waals surface area contributed by atoms with Gasteiger partial charge in [0.15, 0.2) is 0 Å². The van der Waals surface area contributed by atoms with E-state index in [1.54, 1.807) is 12.3 Å². The molecule has 0 aromatic rings. The lowest BCUT2D eigenvalue weighted by molar-refractivity contribution is 0.754. The molecule has 1 nitrogen and oxygen atoms in total. The van der Waals surface area contributed by atoms with E-state index in [1.807, 2.05) is 6.21 Å². The third-order valence-electron chi connectivity index (χ3n) is 1.33. The highest BCUT2D eigenvalue weighted by Gasteiger charge is 1.88. The SMILES string of the molecule is C=C(Cl)/C=C\N=CC(C)CC. The Balaban J connectivity index is 3.67. The molecule has 0 aliphatic carbocycles. The van der Waals surface area contributed by atoms with E-state index in [0.29, 0.717) is 11.0 Å². The summed E-state index contributed by atoms with van der Waals surface area (Å²) in [7, 11) is 0. The van der Waals surface area contributed by atoms with Gasteiger partial charge in [0.1, 0.15) is 0 Å². The van der Waals surface area contributed by atoms with Crippen LogP contribution in [0, 0.1) is 5.92 Å². The van der Waals surface area contributed by atoms with Gasteiger partial charge in [0.05, 0.1) is 0 Å². The monoisotopic (exact) mass is 171 g/mol. The number of halogens is 1. The van der Waals surface area contributed by atoms with E-state index in [2.05, 4.69) is 25.4 Å². The predicted octanol–water partition coefficient (Wildman–Crippen LogP) is 3.37. The normalized spacial score (nSPS) is 14.5. The summed E-state index contributed by atoms with van der Waals surface area (Å²) < 4.78 is 0. The molecule has 0 aliphatic rings. The molecule has 0 aliphatic heterocycles. The second-order valence-corrected chi connectivity index (χ2v) is 2.93. The molecular weight excluding hydrogens is 158 g/mol. The summed E-state index contributed by atoms with van der Waals surface area (Å²) in [5.74, 6) is 0.531. The van der Waals surface area contributed by atoms with Gasteiger partial charge >= 0.3 is 0 Å². The number of rotatable bonds is 4. The van der Waals surface area contributed by atoms with Gasteiger partial charge in [-0.25, -0.2) is 0 Å². The van der Waals surface area contributed by atoms with E-state index in [0.717, 1.165) is 6.42 Å². The summed E-state index contributed by atoms with van der Waals surface area (Å²) in [6.07, 6.45) is 6.33. The molecule has 0 N–H and O–H groups in total. The highest BCUT2D eigenvalue weighted by Crippen LogP contribution is 1.99. The average molecular weight is 172 g/mol. The van der Waals surface area contributed by atoms with Crippen LogP contribution >= 0.6 is 11.6 Å². The van der Waals surface area contributed by atoms with Crippen LogP contribution in [0.5, 0.6) is 0 Å². The number of allylic oxidation sites excluding steroid dienone is 2. The van der Waals surface area contributed by atoms with Crippen LogP contribution in [0.2, 0.25) is 0 Å². The van der Waals surface area contributed by atoms with E-state index in [4.69, 9.17) is 11.6 Å². The lowest BCUT2D eigenvalue weighted by Crippen LogP contribution is -1.90. The topological polar surface area (TPSA) is 12.4 Å². The van der Waals surface area contributed by atoms with Crippen molar-refractivity contribution < 1.29 is 0 Å². The van der Waals surface area contributed by atoms with Gasteiger partial charge in [0.25, 0.3) is 0 Å². The summed E-state index contributed by atoms with van der Waals surface area (Å²) in [6.45, 7) is 7.74. The molecule has 1 atom stereocenters. The van der Waals surface area contributed by atoms with Crippen molar-refractivity contribution in [3.63, 3.8) is 0 Å².